The molecule has 1 aliphatic rings. The number of rotatable bonds is 5. The molecule has 29 heavy (non-hydrogen) atoms. The molecule has 0 saturated carbocycles. The Labute approximate surface area is 177 Å². The van der Waals surface area contributed by atoms with Crippen molar-refractivity contribution in [2.24, 2.45) is 5.92 Å². The van der Waals surface area contributed by atoms with Crippen LogP contribution < -0.4 is 10.6 Å². The number of aromatic hydroxyl groups is 1. The molecule has 0 aliphatic carbocycles. The number of hydrogen-bond donors (Lipinski definition) is 3. The zero-order valence-electron chi connectivity index (χ0n) is 15.4. The van der Waals surface area contributed by atoms with E-state index in [0.717, 1.165) is 0 Å². The Morgan fingerprint density at radius 2 is 1.83 bits per heavy atom. The van der Waals surface area contributed by atoms with Crippen LogP contribution in [0.3, 0.4) is 0 Å². The Morgan fingerprint density at radius 1 is 1.10 bits per heavy atom. The number of carbonyl (C=O) groups excluding carboxylic acids is 2. The summed E-state index contributed by atoms with van der Waals surface area (Å²) < 4.78 is 13.2. The highest BCUT2D eigenvalue weighted by atomic mass is 35.5. The van der Waals surface area contributed by atoms with Crippen molar-refractivity contribution in [2.45, 2.75) is 12.8 Å². The van der Waals surface area contributed by atoms with Crippen LogP contribution in [-0.2, 0) is 9.59 Å². The van der Waals surface area contributed by atoms with Crippen LogP contribution in [0.1, 0.15) is 12.8 Å². The molecule has 1 heterocycles. The lowest BCUT2D eigenvalue weighted by molar-refractivity contribution is -0.121. The summed E-state index contributed by atoms with van der Waals surface area (Å²) in [5, 5.41) is 15.6. The minimum atomic E-state index is -0.545. The number of carbonyl (C=O) groups is 2. The molecule has 2 amide bonds. The highest BCUT2D eigenvalue weighted by molar-refractivity contribution is 6.31. The second-order valence-corrected chi connectivity index (χ2v) is 7.72. The lowest BCUT2D eigenvalue weighted by Crippen LogP contribution is -2.41. The number of phenols is 1. The van der Waals surface area contributed by atoms with Crippen molar-refractivity contribution >= 4 is 46.4 Å². The first-order valence-electron chi connectivity index (χ1n) is 9.08. The lowest BCUT2D eigenvalue weighted by atomic mass is 9.95. The van der Waals surface area contributed by atoms with Crippen molar-refractivity contribution in [3.05, 3.63) is 52.3 Å². The summed E-state index contributed by atoms with van der Waals surface area (Å²) in [6.45, 7) is 1.33. The Kier molecular flexibility index (Phi) is 6.95. The summed E-state index contributed by atoms with van der Waals surface area (Å²) in [6, 6.07) is 8.46. The van der Waals surface area contributed by atoms with Crippen molar-refractivity contribution in [2.75, 3.05) is 30.3 Å². The monoisotopic (exact) mass is 439 g/mol. The number of likely N-dealkylation sites (tertiary alicyclic amines) is 1. The van der Waals surface area contributed by atoms with Gasteiger partial charge in [-0.3, -0.25) is 14.5 Å². The van der Waals surface area contributed by atoms with Gasteiger partial charge in [0.05, 0.1) is 17.3 Å². The molecule has 1 fully saturated rings. The van der Waals surface area contributed by atoms with E-state index < -0.39 is 5.82 Å². The van der Waals surface area contributed by atoms with Crippen molar-refractivity contribution in [3.8, 4) is 5.75 Å². The first-order valence-corrected chi connectivity index (χ1v) is 9.84. The van der Waals surface area contributed by atoms with E-state index in [9.17, 15) is 19.1 Å². The summed E-state index contributed by atoms with van der Waals surface area (Å²) in [4.78, 5) is 26.6. The maximum atomic E-state index is 13.2. The number of piperidine rings is 1. The van der Waals surface area contributed by atoms with Gasteiger partial charge in [-0.15, -0.1) is 0 Å². The molecule has 0 unspecified atom stereocenters. The molecular formula is C20H20Cl2FN3O3. The smallest absolute Gasteiger partial charge is 0.238 e. The lowest BCUT2D eigenvalue weighted by Gasteiger charge is -2.30. The molecule has 1 saturated heterocycles. The Hall–Kier alpha value is -2.35. The molecule has 3 N–H and O–H groups in total. The zero-order chi connectivity index (χ0) is 21.0. The van der Waals surface area contributed by atoms with Gasteiger partial charge in [0.2, 0.25) is 11.8 Å². The number of amides is 2. The largest absolute Gasteiger partial charge is 0.506 e. The van der Waals surface area contributed by atoms with E-state index in [0.29, 0.717) is 36.6 Å². The zero-order valence-corrected chi connectivity index (χ0v) is 16.9. The van der Waals surface area contributed by atoms with E-state index in [-0.39, 0.29) is 40.7 Å². The fourth-order valence-electron chi connectivity index (χ4n) is 3.17. The van der Waals surface area contributed by atoms with Crippen LogP contribution >= 0.6 is 23.2 Å². The third-order valence-corrected chi connectivity index (χ3v) is 5.27. The van der Waals surface area contributed by atoms with E-state index >= 15 is 0 Å². The molecule has 2 aromatic rings. The van der Waals surface area contributed by atoms with Crippen LogP contribution in [0.5, 0.6) is 5.75 Å². The van der Waals surface area contributed by atoms with Crippen LogP contribution in [-0.4, -0.2) is 41.5 Å². The predicted molar refractivity (Wildman–Crippen MR) is 111 cm³/mol. The van der Waals surface area contributed by atoms with Gasteiger partial charge in [-0.1, -0.05) is 23.2 Å². The van der Waals surface area contributed by atoms with Gasteiger partial charge in [0.25, 0.3) is 0 Å². The number of phenolic OH excluding ortho intramolecular Hbond substituents is 1. The maximum absolute atomic E-state index is 13.2. The summed E-state index contributed by atoms with van der Waals surface area (Å²) in [6.07, 6.45) is 1.17. The molecule has 0 aromatic heterocycles. The van der Waals surface area contributed by atoms with Gasteiger partial charge in [0, 0.05) is 16.6 Å². The van der Waals surface area contributed by atoms with Gasteiger partial charge in [-0.2, -0.15) is 0 Å². The third kappa shape index (κ3) is 5.82. The van der Waals surface area contributed by atoms with Gasteiger partial charge >= 0.3 is 0 Å². The first-order chi connectivity index (χ1) is 13.8. The van der Waals surface area contributed by atoms with Crippen LogP contribution in [0.15, 0.2) is 36.4 Å². The molecule has 0 spiro atoms. The van der Waals surface area contributed by atoms with Crippen molar-refractivity contribution < 1.29 is 19.1 Å². The normalized spacial score (nSPS) is 15.1. The van der Waals surface area contributed by atoms with Crippen molar-refractivity contribution in [1.29, 1.82) is 0 Å². The Bertz CT molecular complexity index is 918. The summed E-state index contributed by atoms with van der Waals surface area (Å²) in [7, 11) is 0. The second-order valence-electron chi connectivity index (χ2n) is 6.88. The van der Waals surface area contributed by atoms with E-state index in [1.165, 1.54) is 36.4 Å². The number of nitrogens with zero attached hydrogens (tertiary/aromatic N) is 1. The van der Waals surface area contributed by atoms with Crippen molar-refractivity contribution in [3.63, 3.8) is 0 Å². The van der Waals surface area contributed by atoms with Gasteiger partial charge < -0.3 is 15.7 Å². The minimum absolute atomic E-state index is 0.0437. The fraction of sp³-hybridized carbons (Fsp3) is 0.300. The molecule has 0 bridgehead atoms. The van der Waals surface area contributed by atoms with E-state index in [2.05, 4.69) is 10.6 Å². The standard InChI is InChI=1S/C20H20Cl2FN3O3/c21-13-1-4-18(27)17(9-13)25-20(29)12-5-7-26(8-6-12)11-19(28)24-14-2-3-16(23)15(22)10-14/h1-4,9-10,12,27H,5-8,11H2,(H,24,28)(H,25,29). The highest BCUT2D eigenvalue weighted by Crippen LogP contribution is 2.28. The predicted octanol–water partition coefficient (Wildman–Crippen LogP) is 4.13. The first kappa shape index (κ1) is 21.4. The number of halogens is 3. The molecule has 1 aliphatic heterocycles. The number of anilines is 2. The minimum Gasteiger partial charge on any atom is -0.506 e. The molecule has 9 heteroatoms. The Balaban J connectivity index is 1.47. The van der Waals surface area contributed by atoms with E-state index in [1.54, 1.807) is 0 Å². The van der Waals surface area contributed by atoms with Gasteiger partial charge in [0.15, 0.2) is 0 Å². The molecule has 2 aromatic carbocycles. The maximum Gasteiger partial charge on any atom is 0.238 e. The summed E-state index contributed by atoms with van der Waals surface area (Å²) in [5.74, 6) is -1.23. The van der Waals surface area contributed by atoms with E-state index in [4.69, 9.17) is 23.2 Å². The topological polar surface area (TPSA) is 81.7 Å². The van der Waals surface area contributed by atoms with Crippen LogP contribution in [0.25, 0.3) is 0 Å². The molecule has 6 nitrogen and oxygen atoms in total. The molecule has 0 atom stereocenters. The summed E-state index contributed by atoms with van der Waals surface area (Å²) in [5.41, 5.74) is 0.708. The van der Waals surface area contributed by atoms with Crippen LogP contribution in [0.4, 0.5) is 15.8 Å². The van der Waals surface area contributed by atoms with Crippen LogP contribution in [0.2, 0.25) is 10.0 Å². The molecular weight excluding hydrogens is 420 g/mol. The van der Waals surface area contributed by atoms with Gasteiger partial charge in [0.1, 0.15) is 11.6 Å². The van der Waals surface area contributed by atoms with Crippen LogP contribution in [0, 0.1) is 11.7 Å². The summed E-state index contributed by atoms with van der Waals surface area (Å²) >= 11 is 11.6. The van der Waals surface area contributed by atoms with E-state index in [1.807, 2.05) is 4.90 Å². The quantitative estimate of drug-likeness (QED) is 0.611. The fourth-order valence-corrected chi connectivity index (χ4v) is 3.53. The molecule has 0 radical (unpaired) electrons. The second kappa shape index (κ2) is 9.43. The molecule has 3 rings (SSSR count). The Morgan fingerprint density at radius 3 is 2.52 bits per heavy atom. The van der Waals surface area contributed by atoms with Gasteiger partial charge in [-0.25, -0.2) is 4.39 Å². The van der Waals surface area contributed by atoms with Gasteiger partial charge in [-0.05, 0) is 62.3 Å². The van der Waals surface area contributed by atoms with Crippen molar-refractivity contribution in [1.82, 2.24) is 4.90 Å². The number of hydrogen-bond acceptors (Lipinski definition) is 4. The molecule has 154 valence electrons. The number of nitrogens with one attached hydrogen (secondary N) is 2. The third-order valence-electron chi connectivity index (χ3n) is 4.75. The average molecular weight is 440 g/mol. The SMILES string of the molecule is O=C(CN1CCC(C(=O)Nc2cc(Cl)ccc2O)CC1)Nc1ccc(F)c(Cl)c1. The average Bonchev–Trinajstić information content (AvgIpc) is 2.68. The highest BCUT2D eigenvalue weighted by Gasteiger charge is 2.26. The number of benzene rings is 2.